The Hall–Kier alpha value is -3.45. The molecule has 2 aromatic heterocycles. The van der Waals surface area contributed by atoms with E-state index in [1.807, 2.05) is 35.7 Å². The highest BCUT2D eigenvalue weighted by Crippen LogP contribution is 2.41. The molecule has 34 heavy (non-hydrogen) atoms. The highest BCUT2D eigenvalue weighted by Gasteiger charge is 2.30. The molecule has 10 nitrogen and oxygen atoms in total. The number of ether oxygens (including phenoxy) is 2. The molecule has 12 heteroatoms. The summed E-state index contributed by atoms with van der Waals surface area (Å²) in [7, 11) is -3.91. The molecule has 0 atom stereocenters. The zero-order valence-corrected chi connectivity index (χ0v) is 19.3. The fraction of sp³-hybridized carbons (Fsp3) is 0.182. The molecule has 0 unspecified atom stereocenters. The Morgan fingerprint density at radius 2 is 1.85 bits per heavy atom. The van der Waals surface area contributed by atoms with Crippen LogP contribution in [-0.2, 0) is 14.8 Å². The Morgan fingerprint density at radius 3 is 2.59 bits per heavy atom. The van der Waals surface area contributed by atoms with Gasteiger partial charge in [-0.1, -0.05) is 30.3 Å². The smallest absolute Gasteiger partial charge is 0.312 e. The normalized spacial score (nSPS) is 14.8. The molecule has 0 aliphatic carbocycles. The van der Waals surface area contributed by atoms with Crippen molar-refractivity contribution in [1.29, 1.82) is 0 Å². The lowest BCUT2D eigenvalue weighted by Crippen LogP contribution is -2.40. The number of hydrogen-bond donors (Lipinski definition) is 0. The first-order valence-corrected chi connectivity index (χ1v) is 12.6. The van der Waals surface area contributed by atoms with Crippen LogP contribution in [0.5, 0.6) is 11.6 Å². The van der Waals surface area contributed by atoms with Crippen molar-refractivity contribution in [2.45, 2.75) is 4.90 Å². The van der Waals surface area contributed by atoms with Crippen molar-refractivity contribution in [3.63, 3.8) is 0 Å². The number of nitrogens with zero attached hydrogens (tertiary/aromatic N) is 4. The van der Waals surface area contributed by atoms with Crippen molar-refractivity contribution in [3.8, 4) is 22.8 Å². The van der Waals surface area contributed by atoms with Gasteiger partial charge in [0.1, 0.15) is 11.2 Å². The van der Waals surface area contributed by atoms with Crippen LogP contribution in [0.3, 0.4) is 0 Å². The van der Waals surface area contributed by atoms with Gasteiger partial charge in [-0.05, 0) is 17.7 Å². The molecule has 1 aliphatic rings. The van der Waals surface area contributed by atoms with Crippen molar-refractivity contribution in [3.05, 3.63) is 70.4 Å². The first-order valence-electron chi connectivity index (χ1n) is 10.3. The van der Waals surface area contributed by atoms with E-state index in [4.69, 9.17) is 9.47 Å². The van der Waals surface area contributed by atoms with Gasteiger partial charge in [0.25, 0.3) is 0 Å². The Balaban J connectivity index is 1.55. The highest BCUT2D eigenvalue weighted by atomic mass is 32.2. The predicted molar refractivity (Wildman–Crippen MR) is 126 cm³/mol. The van der Waals surface area contributed by atoms with Gasteiger partial charge in [0.2, 0.25) is 21.7 Å². The lowest BCUT2D eigenvalue weighted by atomic mass is 10.1. The van der Waals surface area contributed by atoms with Gasteiger partial charge in [0.15, 0.2) is 0 Å². The van der Waals surface area contributed by atoms with Gasteiger partial charge < -0.3 is 9.47 Å². The number of rotatable bonds is 6. The van der Waals surface area contributed by atoms with E-state index in [9.17, 15) is 18.5 Å². The Labute approximate surface area is 198 Å². The van der Waals surface area contributed by atoms with Crippen molar-refractivity contribution < 1.29 is 22.8 Å². The van der Waals surface area contributed by atoms with Crippen LogP contribution >= 0.6 is 11.3 Å². The third kappa shape index (κ3) is 4.12. The van der Waals surface area contributed by atoms with Gasteiger partial charge in [-0.2, -0.15) is 4.31 Å². The number of hydrogen-bond acceptors (Lipinski definition) is 9. The molecule has 1 fully saturated rings. The van der Waals surface area contributed by atoms with E-state index in [-0.39, 0.29) is 42.8 Å². The minimum atomic E-state index is -3.91. The molecule has 2 aromatic carbocycles. The molecular weight excluding hydrogens is 480 g/mol. The number of thiophene rings is 1. The minimum Gasteiger partial charge on any atom is -0.431 e. The number of fused-ring (bicyclic) bond motifs is 1. The van der Waals surface area contributed by atoms with Crippen molar-refractivity contribution in [2.75, 3.05) is 26.3 Å². The van der Waals surface area contributed by atoms with Crippen LogP contribution < -0.4 is 4.74 Å². The van der Waals surface area contributed by atoms with Crippen LogP contribution in [0.15, 0.2) is 65.1 Å². The summed E-state index contributed by atoms with van der Waals surface area (Å²) in [5.41, 5.74) is 1.29. The van der Waals surface area contributed by atoms with E-state index in [1.54, 1.807) is 0 Å². The topological polar surface area (TPSA) is 125 Å². The highest BCUT2D eigenvalue weighted by molar-refractivity contribution is 7.89. The van der Waals surface area contributed by atoms with E-state index in [0.717, 1.165) is 17.2 Å². The Morgan fingerprint density at radius 1 is 1.09 bits per heavy atom. The Bertz CT molecular complexity index is 1470. The van der Waals surface area contributed by atoms with Gasteiger partial charge >= 0.3 is 5.69 Å². The molecule has 0 amide bonds. The molecule has 0 N–H and O–H groups in total. The summed E-state index contributed by atoms with van der Waals surface area (Å²) in [6.45, 7) is 0.925. The number of sulfonamides is 1. The first kappa shape index (κ1) is 22.3. The third-order valence-electron chi connectivity index (χ3n) is 5.36. The SMILES string of the molecule is O=[N+]([O-])c1cc(S(=O)(=O)N2CCOCC2)ccc1Oc1ncnc2scc(-c3ccccc3)c12. The molecule has 0 bridgehead atoms. The van der Waals surface area contributed by atoms with E-state index in [1.165, 1.54) is 34.1 Å². The van der Waals surface area contributed by atoms with Crippen molar-refractivity contribution >= 4 is 37.3 Å². The molecule has 174 valence electrons. The summed E-state index contributed by atoms with van der Waals surface area (Å²) in [5.74, 6) is 0.0353. The second kappa shape index (κ2) is 9.06. The standard InChI is InChI=1S/C22H18N4O6S2/c27-26(28)18-12-16(34(29,30)25-8-10-31-11-9-25)6-7-19(18)32-21-20-17(15-4-2-1-3-5-15)13-33-22(20)24-14-23-21/h1-7,12-14H,8-11H2. The number of benzene rings is 2. The zero-order chi connectivity index (χ0) is 23.7. The summed E-state index contributed by atoms with van der Waals surface area (Å²) in [6, 6.07) is 13.2. The van der Waals surface area contributed by atoms with Crippen LogP contribution in [0.4, 0.5) is 5.69 Å². The maximum atomic E-state index is 13.0. The van der Waals surface area contributed by atoms with E-state index in [0.29, 0.717) is 10.2 Å². The number of aromatic nitrogens is 2. The third-order valence-corrected chi connectivity index (χ3v) is 8.14. The average molecular weight is 499 g/mol. The van der Waals surface area contributed by atoms with Gasteiger partial charge in [-0.15, -0.1) is 11.3 Å². The van der Waals surface area contributed by atoms with E-state index >= 15 is 0 Å². The van der Waals surface area contributed by atoms with Crippen LogP contribution in [0, 0.1) is 10.1 Å². The minimum absolute atomic E-state index is 0.115. The van der Waals surface area contributed by atoms with Gasteiger partial charge in [0.05, 0.1) is 28.4 Å². The van der Waals surface area contributed by atoms with Gasteiger partial charge in [-0.25, -0.2) is 18.4 Å². The second-order valence-electron chi connectivity index (χ2n) is 7.38. The van der Waals surface area contributed by atoms with E-state index in [2.05, 4.69) is 9.97 Å². The number of nitro groups is 1. The van der Waals surface area contributed by atoms with Crippen molar-refractivity contribution in [1.82, 2.24) is 14.3 Å². The molecule has 1 saturated heterocycles. The van der Waals surface area contributed by atoms with Gasteiger partial charge in [-0.3, -0.25) is 10.1 Å². The molecular formula is C22H18N4O6S2. The maximum Gasteiger partial charge on any atom is 0.312 e. The molecule has 0 radical (unpaired) electrons. The maximum absolute atomic E-state index is 13.0. The predicted octanol–water partition coefficient (Wildman–Crippen LogP) is 4.08. The summed E-state index contributed by atoms with van der Waals surface area (Å²) >= 11 is 1.41. The molecule has 5 rings (SSSR count). The van der Waals surface area contributed by atoms with Crippen LogP contribution in [0.25, 0.3) is 21.3 Å². The average Bonchev–Trinajstić information content (AvgIpc) is 3.30. The van der Waals surface area contributed by atoms with Crippen LogP contribution in [0.1, 0.15) is 0 Å². The fourth-order valence-electron chi connectivity index (χ4n) is 3.68. The molecule has 3 heterocycles. The van der Waals surface area contributed by atoms with Crippen LogP contribution in [-0.4, -0.2) is 53.9 Å². The fourth-order valence-corrected chi connectivity index (χ4v) is 6.02. The van der Waals surface area contributed by atoms with Crippen molar-refractivity contribution in [2.24, 2.45) is 0 Å². The summed E-state index contributed by atoms with van der Waals surface area (Å²) < 4.78 is 38.3. The molecule has 1 aliphatic heterocycles. The summed E-state index contributed by atoms with van der Waals surface area (Å²) in [4.78, 5) is 20.2. The number of nitro benzene ring substituents is 1. The van der Waals surface area contributed by atoms with Gasteiger partial charge in [0, 0.05) is 30.1 Å². The lowest BCUT2D eigenvalue weighted by molar-refractivity contribution is -0.385. The lowest BCUT2D eigenvalue weighted by Gasteiger charge is -2.26. The molecule has 4 aromatic rings. The number of morpholine rings is 1. The monoisotopic (exact) mass is 498 g/mol. The molecule has 0 spiro atoms. The first-order chi connectivity index (χ1) is 16.4. The molecule has 0 saturated carbocycles. The quantitative estimate of drug-likeness (QED) is 0.288. The Kier molecular flexibility index (Phi) is 5.96. The zero-order valence-electron chi connectivity index (χ0n) is 17.7. The summed E-state index contributed by atoms with van der Waals surface area (Å²) in [6.07, 6.45) is 1.33. The van der Waals surface area contributed by atoms with Crippen LogP contribution in [0.2, 0.25) is 0 Å². The second-order valence-corrected chi connectivity index (χ2v) is 10.2. The largest absolute Gasteiger partial charge is 0.431 e. The summed E-state index contributed by atoms with van der Waals surface area (Å²) in [5, 5.41) is 14.4. The van der Waals surface area contributed by atoms with E-state index < -0.39 is 20.6 Å².